The van der Waals surface area contributed by atoms with Crippen LogP contribution in [-0.4, -0.2) is 31.6 Å². The third-order valence-corrected chi connectivity index (χ3v) is 4.75. The number of nitrogens with zero attached hydrogens (tertiary/aromatic N) is 4. The molecular weight excluding hydrogens is 401 g/mol. The minimum absolute atomic E-state index is 0.0426. The zero-order valence-corrected chi connectivity index (χ0v) is 16.5. The smallest absolute Gasteiger partial charge is 0.273 e. The summed E-state index contributed by atoms with van der Waals surface area (Å²) in [5.41, 5.74) is 12.6. The number of aromatic nitrogens is 4. The molecule has 0 aliphatic carbocycles. The summed E-state index contributed by atoms with van der Waals surface area (Å²) in [7, 11) is 0. The molecule has 2 aromatic heterocycles. The van der Waals surface area contributed by atoms with Gasteiger partial charge in [-0.1, -0.05) is 30.3 Å². The van der Waals surface area contributed by atoms with Crippen LogP contribution in [0.1, 0.15) is 32.1 Å². The first-order chi connectivity index (χ1) is 14.8. The Balaban J connectivity index is 1.83. The fourth-order valence-electron chi connectivity index (χ4n) is 3.36. The van der Waals surface area contributed by atoms with Gasteiger partial charge in [-0.15, -0.1) is 10.2 Å². The Morgan fingerprint density at radius 2 is 1.81 bits per heavy atom. The van der Waals surface area contributed by atoms with E-state index in [0.717, 1.165) is 11.6 Å². The first-order valence-electron chi connectivity index (χ1n) is 9.29. The monoisotopic (exact) mass is 419 g/mol. The van der Waals surface area contributed by atoms with Gasteiger partial charge in [0.25, 0.3) is 11.9 Å². The van der Waals surface area contributed by atoms with Gasteiger partial charge >= 0.3 is 0 Å². The summed E-state index contributed by atoms with van der Waals surface area (Å²) in [5, 5.41) is 11.4. The molecule has 10 heteroatoms. The third kappa shape index (κ3) is 3.78. The standard InChI is InChI=1S/C21H18FN7O2/c1-11-7-14-15(18(23)30)8-13(22)9-16(14)29(11)21-26-20(17(19(24)31)27-28-21)25-10-12-5-3-2-4-6-12/h2-9H,10H2,1H3,(H2,23,30)(H2,24,31)(H,25,26,28). The molecule has 0 spiro atoms. The highest BCUT2D eigenvalue weighted by Crippen LogP contribution is 2.27. The van der Waals surface area contributed by atoms with Crippen LogP contribution >= 0.6 is 0 Å². The predicted molar refractivity (Wildman–Crippen MR) is 112 cm³/mol. The second-order valence-electron chi connectivity index (χ2n) is 6.88. The van der Waals surface area contributed by atoms with Gasteiger partial charge in [-0.2, -0.15) is 4.98 Å². The number of nitrogens with two attached hydrogens (primary N) is 2. The maximum Gasteiger partial charge on any atom is 0.273 e. The average Bonchev–Trinajstić information content (AvgIpc) is 3.07. The number of carbonyl (C=O) groups excluding carboxylic acids is 2. The van der Waals surface area contributed by atoms with Crippen LogP contribution in [0.2, 0.25) is 0 Å². The molecule has 0 saturated carbocycles. The number of nitrogens with one attached hydrogen (secondary N) is 1. The average molecular weight is 419 g/mol. The number of hydrogen-bond acceptors (Lipinski definition) is 6. The van der Waals surface area contributed by atoms with Crippen molar-refractivity contribution in [1.82, 2.24) is 19.7 Å². The van der Waals surface area contributed by atoms with Crippen LogP contribution in [0.15, 0.2) is 48.5 Å². The van der Waals surface area contributed by atoms with E-state index >= 15 is 0 Å². The van der Waals surface area contributed by atoms with Crippen molar-refractivity contribution in [2.75, 3.05) is 5.32 Å². The van der Waals surface area contributed by atoms with Crippen LogP contribution in [0.4, 0.5) is 10.2 Å². The molecule has 0 aliphatic rings. The van der Waals surface area contributed by atoms with Crippen LogP contribution < -0.4 is 16.8 Å². The van der Waals surface area contributed by atoms with Crippen molar-refractivity contribution >= 4 is 28.5 Å². The Hall–Kier alpha value is -4.34. The molecule has 0 atom stereocenters. The number of carbonyl (C=O) groups is 2. The zero-order valence-electron chi connectivity index (χ0n) is 16.5. The Morgan fingerprint density at radius 3 is 2.48 bits per heavy atom. The zero-order chi connectivity index (χ0) is 22.1. The highest BCUT2D eigenvalue weighted by molar-refractivity contribution is 6.06. The molecule has 0 aliphatic heterocycles. The SMILES string of the molecule is Cc1cc2c(C(N)=O)cc(F)cc2n1-c1nnc(C(N)=O)c(NCc2ccccc2)n1. The van der Waals surface area contributed by atoms with E-state index in [4.69, 9.17) is 11.5 Å². The van der Waals surface area contributed by atoms with Crippen molar-refractivity contribution in [3.05, 3.63) is 76.9 Å². The Morgan fingerprint density at radius 1 is 1.06 bits per heavy atom. The molecule has 9 nitrogen and oxygen atoms in total. The van der Waals surface area contributed by atoms with Gasteiger partial charge in [0.2, 0.25) is 5.91 Å². The van der Waals surface area contributed by atoms with Crippen LogP contribution in [0.3, 0.4) is 0 Å². The number of amides is 2. The van der Waals surface area contributed by atoms with E-state index in [1.807, 2.05) is 30.3 Å². The second-order valence-corrected chi connectivity index (χ2v) is 6.88. The summed E-state index contributed by atoms with van der Waals surface area (Å²) in [6.07, 6.45) is 0. The summed E-state index contributed by atoms with van der Waals surface area (Å²) in [4.78, 5) is 28.0. The van der Waals surface area contributed by atoms with Crippen molar-refractivity contribution in [3.8, 4) is 5.95 Å². The van der Waals surface area contributed by atoms with E-state index in [9.17, 15) is 14.0 Å². The number of benzene rings is 2. The minimum atomic E-state index is -0.793. The number of primary amides is 2. The van der Waals surface area contributed by atoms with Crippen LogP contribution in [0.25, 0.3) is 16.9 Å². The largest absolute Gasteiger partial charge is 0.366 e. The summed E-state index contributed by atoms with van der Waals surface area (Å²) in [6, 6.07) is 13.5. The molecule has 2 heterocycles. The summed E-state index contributed by atoms with van der Waals surface area (Å²) in [6.45, 7) is 2.11. The van der Waals surface area contributed by atoms with Gasteiger partial charge in [0.15, 0.2) is 11.5 Å². The van der Waals surface area contributed by atoms with Gasteiger partial charge in [-0.3, -0.25) is 14.2 Å². The number of rotatable bonds is 6. The van der Waals surface area contributed by atoms with E-state index < -0.39 is 17.6 Å². The molecule has 0 radical (unpaired) electrons. The lowest BCUT2D eigenvalue weighted by molar-refractivity contribution is 0.0989. The van der Waals surface area contributed by atoms with E-state index in [-0.39, 0.29) is 23.0 Å². The Labute approximate surface area is 175 Å². The molecule has 4 rings (SSSR count). The molecule has 0 saturated heterocycles. The number of fused-ring (bicyclic) bond motifs is 1. The van der Waals surface area contributed by atoms with Crippen molar-refractivity contribution in [2.45, 2.75) is 13.5 Å². The second kappa shape index (κ2) is 7.82. The van der Waals surface area contributed by atoms with Gasteiger partial charge in [-0.25, -0.2) is 4.39 Å². The predicted octanol–water partition coefficient (Wildman–Crippen LogP) is 2.07. The summed E-state index contributed by atoms with van der Waals surface area (Å²) in [5.74, 6) is -1.97. The van der Waals surface area contributed by atoms with Gasteiger partial charge in [-0.05, 0) is 30.7 Å². The molecule has 2 amide bonds. The quantitative estimate of drug-likeness (QED) is 0.437. The Kier molecular flexibility index (Phi) is 5.04. The van der Waals surface area contributed by atoms with Gasteiger partial charge < -0.3 is 16.8 Å². The number of hydrogen-bond donors (Lipinski definition) is 3. The molecule has 5 N–H and O–H groups in total. The van der Waals surface area contributed by atoms with Crippen molar-refractivity contribution in [1.29, 1.82) is 0 Å². The lowest BCUT2D eigenvalue weighted by atomic mass is 10.1. The van der Waals surface area contributed by atoms with Crippen LogP contribution in [0, 0.1) is 12.7 Å². The summed E-state index contributed by atoms with van der Waals surface area (Å²) < 4.78 is 15.7. The maximum atomic E-state index is 14.2. The van der Waals surface area contributed by atoms with E-state index in [2.05, 4.69) is 20.5 Å². The number of aryl methyl sites for hydroxylation is 1. The number of halogens is 1. The Bertz CT molecular complexity index is 1320. The lowest BCUT2D eigenvalue weighted by Crippen LogP contribution is -2.20. The maximum absolute atomic E-state index is 14.2. The summed E-state index contributed by atoms with van der Waals surface area (Å²) >= 11 is 0. The lowest BCUT2D eigenvalue weighted by Gasteiger charge is -2.12. The fourth-order valence-corrected chi connectivity index (χ4v) is 3.36. The molecule has 0 fully saturated rings. The topological polar surface area (TPSA) is 142 Å². The third-order valence-electron chi connectivity index (χ3n) is 4.75. The normalized spacial score (nSPS) is 10.9. The molecule has 4 aromatic rings. The highest BCUT2D eigenvalue weighted by atomic mass is 19.1. The van der Waals surface area contributed by atoms with E-state index in [0.29, 0.717) is 23.1 Å². The molecule has 0 bridgehead atoms. The van der Waals surface area contributed by atoms with Crippen molar-refractivity contribution in [3.63, 3.8) is 0 Å². The first kappa shape index (κ1) is 20.0. The van der Waals surface area contributed by atoms with Crippen molar-refractivity contribution in [2.24, 2.45) is 11.5 Å². The van der Waals surface area contributed by atoms with Crippen molar-refractivity contribution < 1.29 is 14.0 Å². The fraction of sp³-hybridized carbons (Fsp3) is 0.0952. The molecule has 31 heavy (non-hydrogen) atoms. The van der Waals surface area contributed by atoms with E-state index in [1.54, 1.807) is 13.0 Å². The van der Waals surface area contributed by atoms with Crippen LogP contribution in [-0.2, 0) is 6.54 Å². The molecule has 0 unspecified atom stereocenters. The van der Waals surface area contributed by atoms with Crippen LogP contribution in [0.5, 0.6) is 0 Å². The highest BCUT2D eigenvalue weighted by Gasteiger charge is 2.20. The minimum Gasteiger partial charge on any atom is -0.366 e. The van der Waals surface area contributed by atoms with Gasteiger partial charge in [0, 0.05) is 17.6 Å². The number of anilines is 1. The molecule has 2 aromatic carbocycles. The van der Waals surface area contributed by atoms with Gasteiger partial charge in [0.05, 0.1) is 11.1 Å². The van der Waals surface area contributed by atoms with E-state index in [1.165, 1.54) is 10.6 Å². The van der Waals surface area contributed by atoms with Gasteiger partial charge in [0.1, 0.15) is 5.82 Å². The molecule has 156 valence electrons. The first-order valence-corrected chi connectivity index (χ1v) is 9.29. The molecular formula is C21H18FN7O2.